The Morgan fingerprint density at radius 1 is 1.03 bits per heavy atom. The number of rotatable bonds is 9. The largest absolute Gasteiger partial charge is 0.493 e. The van der Waals surface area contributed by atoms with Crippen LogP contribution in [0.2, 0.25) is 0 Å². The van der Waals surface area contributed by atoms with Crippen molar-refractivity contribution in [3.63, 3.8) is 0 Å². The summed E-state index contributed by atoms with van der Waals surface area (Å²) in [7, 11) is 4.59. The number of amides is 1. The lowest BCUT2D eigenvalue weighted by atomic mass is 9.99. The van der Waals surface area contributed by atoms with Gasteiger partial charge in [0.25, 0.3) is 5.92 Å². The second-order valence-electron chi connectivity index (χ2n) is 6.55. The Hall–Kier alpha value is -2.58. The molecule has 166 valence electrons. The Kier molecular flexibility index (Phi) is 9.32. The van der Waals surface area contributed by atoms with E-state index in [4.69, 9.17) is 19.9 Å². The number of halogens is 3. The summed E-state index contributed by atoms with van der Waals surface area (Å²) in [5.41, 5.74) is 7.12. The molecule has 30 heavy (non-hydrogen) atoms. The van der Waals surface area contributed by atoms with E-state index in [0.29, 0.717) is 41.3 Å². The van der Waals surface area contributed by atoms with E-state index in [2.05, 4.69) is 5.32 Å². The lowest BCUT2D eigenvalue weighted by Crippen LogP contribution is -2.23. The van der Waals surface area contributed by atoms with Gasteiger partial charge in [-0.1, -0.05) is 12.1 Å². The molecule has 1 amide bonds. The van der Waals surface area contributed by atoms with Crippen LogP contribution in [0.5, 0.6) is 17.2 Å². The van der Waals surface area contributed by atoms with Crippen molar-refractivity contribution in [1.29, 1.82) is 0 Å². The van der Waals surface area contributed by atoms with Gasteiger partial charge in [0.2, 0.25) is 11.7 Å². The normalized spacial score (nSPS) is 10.8. The van der Waals surface area contributed by atoms with Crippen molar-refractivity contribution in [3.8, 4) is 17.2 Å². The number of carbonyl (C=O) groups excluding carboxylic acids is 1. The molecule has 2 aromatic rings. The number of alkyl halides is 2. The maximum atomic E-state index is 13.7. The fraction of sp³-hybridized carbons (Fsp3) is 0.381. The summed E-state index contributed by atoms with van der Waals surface area (Å²) < 4.78 is 43.4. The van der Waals surface area contributed by atoms with Gasteiger partial charge in [-0.15, -0.1) is 12.4 Å². The third-order valence-corrected chi connectivity index (χ3v) is 4.48. The van der Waals surface area contributed by atoms with Crippen molar-refractivity contribution >= 4 is 24.0 Å². The van der Waals surface area contributed by atoms with Crippen LogP contribution < -0.4 is 25.3 Å². The number of hydrogen-bond acceptors (Lipinski definition) is 5. The van der Waals surface area contributed by atoms with E-state index in [1.807, 2.05) is 12.1 Å². The van der Waals surface area contributed by atoms with Gasteiger partial charge in [0.15, 0.2) is 11.5 Å². The maximum absolute atomic E-state index is 13.7. The summed E-state index contributed by atoms with van der Waals surface area (Å²) in [5.74, 6) is -1.92. The summed E-state index contributed by atoms with van der Waals surface area (Å²) in [5, 5.41) is 2.61. The van der Waals surface area contributed by atoms with Crippen LogP contribution in [0.15, 0.2) is 30.3 Å². The molecule has 0 radical (unpaired) electrons. The number of anilines is 1. The first-order valence-electron chi connectivity index (χ1n) is 9.03. The zero-order chi connectivity index (χ0) is 21.6. The molecule has 0 saturated heterocycles. The smallest absolute Gasteiger partial charge is 0.270 e. The molecular weight excluding hydrogens is 418 g/mol. The van der Waals surface area contributed by atoms with Crippen molar-refractivity contribution in [2.24, 2.45) is 5.73 Å². The van der Waals surface area contributed by atoms with Gasteiger partial charge < -0.3 is 25.3 Å². The quantitative estimate of drug-likeness (QED) is 0.612. The molecule has 0 bridgehead atoms. The number of hydrogen-bond donors (Lipinski definition) is 2. The predicted molar refractivity (Wildman–Crippen MR) is 114 cm³/mol. The molecule has 2 aromatic carbocycles. The van der Waals surface area contributed by atoms with Crippen LogP contribution >= 0.6 is 12.4 Å². The van der Waals surface area contributed by atoms with E-state index in [1.165, 1.54) is 33.5 Å². The summed E-state index contributed by atoms with van der Waals surface area (Å²) in [6, 6.07) is 7.90. The number of nitrogens with two attached hydrogens (primary N) is 1. The van der Waals surface area contributed by atoms with Crippen molar-refractivity contribution in [1.82, 2.24) is 0 Å². The van der Waals surface area contributed by atoms with E-state index in [9.17, 15) is 13.6 Å². The first-order valence-corrected chi connectivity index (χ1v) is 9.03. The number of benzene rings is 2. The average molecular weight is 445 g/mol. The third kappa shape index (κ3) is 6.21. The van der Waals surface area contributed by atoms with Crippen molar-refractivity contribution < 1.29 is 27.8 Å². The number of carbonyl (C=O) groups is 1. The standard InChI is InChI=1S/C21H26F2N2O4.ClH/c1-21(22,23)15-8-7-14(16(11-15)25-19(26)12-24)6-5-13-9-17(27-2)20(29-4)18(10-13)28-3;/h7-11H,5-6,12,24H2,1-4H3,(H,25,26);1H. The molecule has 0 heterocycles. The van der Waals surface area contributed by atoms with Gasteiger partial charge >= 0.3 is 0 Å². The van der Waals surface area contributed by atoms with Crippen molar-refractivity contribution in [3.05, 3.63) is 47.0 Å². The molecule has 3 N–H and O–H groups in total. The monoisotopic (exact) mass is 444 g/mol. The van der Waals surface area contributed by atoms with Gasteiger partial charge in [-0.25, -0.2) is 8.78 Å². The van der Waals surface area contributed by atoms with E-state index >= 15 is 0 Å². The number of aryl methyl sites for hydroxylation is 2. The summed E-state index contributed by atoms with van der Waals surface area (Å²) >= 11 is 0. The minimum Gasteiger partial charge on any atom is -0.493 e. The van der Waals surface area contributed by atoms with Gasteiger partial charge in [0.05, 0.1) is 27.9 Å². The highest BCUT2D eigenvalue weighted by Crippen LogP contribution is 2.38. The summed E-state index contributed by atoms with van der Waals surface area (Å²) in [6.07, 6.45) is 1.05. The highest BCUT2D eigenvalue weighted by molar-refractivity contribution is 5.93. The highest BCUT2D eigenvalue weighted by Gasteiger charge is 2.25. The van der Waals surface area contributed by atoms with Crippen LogP contribution in [0.1, 0.15) is 23.6 Å². The van der Waals surface area contributed by atoms with Gasteiger partial charge in [-0.3, -0.25) is 4.79 Å². The topological polar surface area (TPSA) is 82.8 Å². The lowest BCUT2D eigenvalue weighted by Gasteiger charge is -2.17. The molecule has 0 saturated carbocycles. The second-order valence-corrected chi connectivity index (χ2v) is 6.55. The molecule has 0 aliphatic heterocycles. The Bertz CT molecular complexity index is 848. The molecule has 2 rings (SSSR count). The Morgan fingerprint density at radius 2 is 1.63 bits per heavy atom. The Labute approximate surface area is 181 Å². The lowest BCUT2D eigenvalue weighted by molar-refractivity contribution is -0.114. The SMILES string of the molecule is COc1cc(CCc2ccc(C(C)(F)F)cc2NC(=O)CN)cc(OC)c1OC.Cl. The molecule has 9 heteroatoms. The molecule has 0 fully saturated rings. The van der Waals surface area contributed by atoms with Crippen molar-refractivity contribution in [2.75, 3.05) is 33.2 Å². The zero-order valence-electron chi connectivity index (χ0n) is 17.4. The first-order chi connectivity index (χ1) is 13.7. The van der Waals surface area contributed by atoms with Gasteiger partial charge in [0, 0.05) is 18.2 Å². The number of methoxy groups -OCH3 is 3. The molecule has 0 spiro atoms. The van der Waals surface area contributed by atoms with Crippen LogP contribution in [0.4, 0.5) is 14.5 Å². The average Bonchev–Trinajstić information content (AvgIpc) is 2.70. The van der Waals surface area contributed by atoms with Gasteiger partial charge in [-0.2, -0.15) is 0 Å². The highest BCUT2D eigenvalue weighted by atomic mass is 35.5. The fourth-order valence-corrected chi connectivity index (χ4v) is 2.94. The van der Waals surface area contributed by atoms with Crippen LogP contribution in [0.3, 0.4) is 0 Å². The molecule has 6 nitrogen and oxygen atoms in total. The molecule has 0 aromatic heterocycles. The van der Waals surface area contributed by atoms with Crippen molar-refractivity contribution in [2.45, 2.75) is 25.7 Å². The van der Waals surface area contributed by atoms with E-state index in [1.54, 1.807) is 6.07 Å². The minimum absolute atomic E-state index is 0. The summed E-state index contributed by atoms with van der Waals surface area (Å²) in [4.78, 5) is 11.7. The number of nitrogens with one attached hydrogen (secondary N) is 1. The number of ether oxygens (including phenoxy) is 3. The van der Waals surface area contributed by atoms with Crippen LogP contribution in [-0.2, 0) is 23.6 Å². The van der Waals surface area contributed by atoms with E-state index < -0.39 is 11.8 Å². The fourth-order valence-electron chi connectivity index (χ4n) is 2.94. The maximum Gasteiger partial charge on any atom is 0.270 e. The Morgan fingerprint density at radius 3 is 2.10 bits per heavy atom. The molecular formula is C21H27ClF2N2O4. The van der Waals surface area contributed by atoms with E-state index in [-0.39, 0.29) is 24.5 Å². The summed E-state index contributed by atoms with van der Waals surface area (Å²) in [6.45, 7) is 0.575. The molecule has 0 aliphatic carbocycles. The third-order valence-electron chi connectivity index (χ3n) is 4.48. The molecule has 0 unspecified atom stereocenters. The van der Waals surface area contributed by atoms with E-state index in [0.717, 1.165) is 12.5 Å². The molecule has 0 atom stereocenters. The Balaban J connectivity index is 0.00000450. The van der Waals surface area contributed by atoms with Gasteiger partial charge in [-0.05, 0) is 42.2 Å². The zero-order valence-corrected chi connectivity index (χ0v) is 18.2. The first kappa shape index (κ1) is 25.5. The predicted octanol–water partition coefficient (Wildman–Crippen LogP) is 3.93. The van der Waals surface area contributed by atoms with Crippen LogP contribution in [0.25, 0.3) is 0 Å². The van der Waals surface area contributed by atoms with Crippen LogP contribution in [-0.4, -0.2) is 33.8 Å². The second kappa shape index (κ2) is 11.0. The minimum atomic E-state index is -3.02. The molecule has 0 aliphatic rings. The van der Waals surface area contributed by atoms with Gasteiger partial charge in [0.1, 0.15) is 0 Å². The van der Waals surface area contributed by atoms with Crippen LogP contribution in [0, 0.1) is 0 Å².